The number of methoxy groups -OCH3 is 1. The molecule has 0 aromatic rings. The van der Waals surface area contributed by atoms with Gasteiger partial charge in [0.2, 0.25) is 0 Å². The molecule has 0 N–H and O–H groups in total. The van der Waals surface area contributed by atoms with Gasteiger partial charge >= 0.3 is 11.9 Å². The molecular formula is C12H20O5. The minimum Gasteiger partial charge on any atom is -0.469 e. The summed E-state index contributed by atoms with van der Waals surface area (Å²) in [6, 6.07) is 0. The zero-order valence-corrected chi connectivity index (χ0v) is 10.5. The number of Topliss-reactive ketones (excluding diaryl/α,β-unsaturated/α-hetero) is 1. The number of hydrogen-bond donors (Lipinski definition) is 0. The minimum absolute atomic E-state index is 0.143. The molecule has 0 aromatic heterocycles. The van der Waals surface area contributed by atoms with E-state index in [2.05, 4.69) is 4.74 Å². The molecule has 0 aromatic carbocycles. The smallest absolute Gasteiger partial charge is 0.313 e. The first-order valence-electron chi connectivity index (χ1n) is 5.84. The van der Waals surface area contributed by atoms with Crippen molar-refractivity contribution in [2.24, 2.45) is 0 Å². The van der Waals surface area contributed by atoms with Crippen molar-refractivity contribution in [3.8, 4) is 0 Å². The zero-order chi connectivity index (χ0) is 13.1. The van der Waals surface area contributed by atoms with Crippen LogP contribution in [-0.2, 0) is 23.9 Å². The molecule has 5 nitrogen and oxygen atoms in total. The maximum atomic E-state index is 11.3. The van der Waals surface area contributed by atoms with Crippen molar-refractivity contribution >= 4 is 17.7 Å². The highest BCUT2D eigenvalue weighted by Crippen LogP contribution is 2.04. The van der Waals surface area contributed by atoms with Gasteiger partial charge < -0.3 is 9.47 Å². The van der Waals surface area contributed by atoms with E-state index in [1.54, 1.807) is 0 Å². The molecule has 0 spiro atoms. The van der Waals surface area contributed by atoms with Crippen LogP contribution in [0.25, 0.3) is 0 Å². The van der Waals surface area contributed by atoms with Crippen LogP contribution in [-0.4, -0.2) is 31.4 Å². The number of rotatable bonds is 9. The van der Waals surface area contributed by atoms with E-state index in [1.807, 2.05) is 6.92 Å². The van der Waals surface area contributed by atoms with Crippen molar-refractivity contribution in [3.05, 3.63) is 0 Å². The van der Waals surface area contributed by atoms with Crippen LogP contribution in [0.5, 0.6) is 0 Å². The number of esters is 2. The van der Waals surface area contributed by atoms with Crippen LogP contribution in [0.15, 0.2) is 0 Å². The highest BCUT2D eigenvalue weighted by atomic mass is 16.5. The van der Waals surface area contributed by atoms with Gasteiger partial charge in [0.05, 0.1) is 13.7 Å². The molecule has 0 aliphatic rings. The Hall–Kier alpha value is -1.39. The van der Waals surface area contributed by atoms with Gasteiger partial charge in [-0.1, -0.05) is 6.92 Å². The first-order valence-corrected chi connectivity index (χ1v) is 5.84. The summed E-state index contributed by atoms with van der Waals surface area (Å²) >= 11 is 0. The highest BCUT2D eigenvalue weighted by Gasteiger charge is 2.10. The summed E-state index contributed by atoms with van der Waals surface area (Å²) in [5.41, 5.74) is 0. The SMILES string of the molecule is CCCOC(=O)CC(=O)CCCCC(=O)OC. The Labute approximate surface area is 101 Å². The summed E-state index contributed by atoms with van der Waals surface area (Å²) in [5.74, 6) is -0.888. The van der Waals surface area contributed by atoms with E-state index in [-0.39, 0.29) is 18.2 Å². The second-order valence-corrected chi connectivity index (χ2v) is 3.72. The Morgan fingerprint density at radius 2 is 1.65 bits per heavy atom. The monoisotopic (exact) mass is 244 g/mol. The summed E-state index contributed by atoms with van der Waals surface area (Å²) in [6.45, 7) is 2.25. The number of carbonyl (C=O) groups is 3. The van der Waals surface area contributed by atoms with Gasteiger partial charge in [-0.2, -0.15) is 0 Å². The molecule has 0 heterocycles. The van der Waals surface area contributed by atoms with E-state index in [1.165, 1.54) is 7.11 Å². The van der Waals surface area contributed by atoms with Gasteiger partial charge in [-0.15, -0.1) is 0 Å². The molecular weight excluding hydrogens is 224 g/mol. The normalized spacial score (nSPS) is 9.76. The van der Waals surface area contributed by atoms with Gasteiger partial charge in [-0.05, 0) is 19.3 Å². The molecule has 5 heteroatoms. The summed E-state index contributed by atoms with van der Waals surface area (Å²) in [7, 11) is 1.33. The quantitative estimate of drug-likeness (QED) is 0.350. The predicted octanol–water partition coefficient (Wildman–Crippen LogP) is 1.63. The summed E-state index contributed by atoms with van der Waals surface area (Å²) in [5, 5.41) is 0. The second-order valence-electron chi connectivity index (χ2n) is 3.72. The minimum atomic E-state index is -0.468. The molecule has 0 rings (SSSR count). The van der Waals surface area contributed by atoms with E-state index >= 15 is 0 Å². The molecule has 0 atom stereocenters. The van der Waals surface area contributed by atoms with Crippen LogP contribution >= 0.6 is 0 Å². The van der Waals surface area contributed by atoms with Gasteiger partial charge in [-0.25, -0.2) is 0 Å². The summed E-state index contributed by atoms with van der Waals surface area (Å²) in [6.07, 6.45) is 2.39. The molecule has 0 fully saturated rings. The van der Waals surface area contributed by atoms with Gasteiger partial charge in [-0.3, -0.25) is 14.4 Å². The lowest BCUT2D eigenvalue weighted by atomic mass is 10.1. The summed E-state index contributed by atoms with van der Waals surface area (Å²) < 4.78 is 9.26. The van der Waals surface area contributed by atoms with Crippen molar-refractivity contribution in [1.82, 2.24) is 0 Å². The van der Waals surface area contributed by atoms with Crippen LogP contribution in [0.3, 0.4) is 0 Å². The highest BCUT2D eigenvalue weighted by molar-refractivity contribution is 5.95. The Morgan fingerprint density at radius 3 is 2.24 bits per heavy atom. The number of ketones is 1. The average molecular weight is 244 g/mol. The van der Waals surface area contributed by atoms with Crippen molar-refractivity contribution in [2.75, 3.05) is 13.7 Å². The number of hydrogen-bond acceptors (Lipinski definition) is 5. The third kappa shape index (κ3) is 9.53. The van der Waals surface area contributed by atoms with Crippen LogP contribution < -0.4 is 0 Å². The first kappa shape index (κ1) is 15.6. The summed E-state index contributed by atoms with van der Waals surface area (Å²) in [4.78, 5) is 33.2. The van der Waals surface area contributed by atoms with E-state index in [0.717, 1.165) is 6.42 Å². The van der Waals surface area contributed by atoms with Gasteiger partial charge in [0.1, 0.15) is 12.2 Å². The Balaban J connectivity index is 3.52. The third-order valence-corrected chi connectivity index (χ3v) is 2.12. The zero-order valence-electron chi connectivity index (χ0n) is 10.5. The lowest BCUT2D eigenvalue weighted by Crippen LogP contribution is -2.11. The fourth-order valence-corrected chi connectivity index (χ4v) is 1.21. The van der Waals surface area contributed by atoms with Crippen molar-refractivity contribution in [3.63, 3.8) is 0 Å². The van der Waals surface area contributed by atoms with Crippen LogP contribution in [0.1, 0.15) is 45.4 Å². The lowest BCUT2D eigenvalue weighted by molar-refractivity contribution is -0.146. The van der Waals surface area contributed by atoms with Gasteiger partial charge in [0.25, 0.3) is 0 Å². The van der Waals surface area contributed by atoms with Crippen molar-refractivity contribution < 1.29 is 23.9 Å². The van der Waals surface area contributed by atoms with E-state index in [0.29, 0.717) is 32.3 Å². The number of carbonyl (C=O) groups excluding carboxylic acids is 3. The maximum absolute atomic E-state index is 11.3. The molecule has 0 aliphatic carbocycles. The average Bonchev–Trinajstić information content (AvgIpc) is 2.31. The topological polar surface area (TPSA) is 69.7 Å². The molecule has 0 bridgehead atoms. The van der Waals surface area contributed by atoms with E-state index < -0.39 is 5.97 Å². The van der Waals surface area contributed by atoms with Crippen molar-refractivity contribution in [1.29, 1.82) is 0 Å². The maximum Gasteiger partial charge on any atom is 0.313 e. The second kappa shape index (κ2) is 9.81. The molecule has 0 amide bonds. The van der Waals surface area contributed by atoms with Crippen LogP contribution in [0.4, 0.5) is 0 Å². The number of ether oxygens (including phenoxy) is 2. The van der Waals surface area contributed by atoms with Gasteiger partial charge in [0.15, 0.2) is 0 Å². The Bertz CT molecular complexity index is 260. The molecule has 0 unspecified atom stereocenters. The van der Waals surface area contributed by atoms with Gasteiger partial charge in [0, 0.05) is 12.8 Å². The standard InChI is InChI=1S/C12H20O5/c1-3-8-17-12(15)9-10(13)6-4-5-7-11(14)16-2/h3-9H2,1-2H3. The largest absolute Gasteiger partial charge is 0.469 e. The molecule has 17 heavy (non-hydrogen) atoms. The molecule has 0 saturated heterocycles. The molecule has 0 aliphatic heterocycles. The van der Waals surface area contributed by atoms with Crippen LogP contribution in [0.2, 0.25) is 0 Å². The van der Waals surface area contributed by atoms with Crippen molar-refractivity contribution in [2.45, 2.75) is 45.4 Å². The fourth-order valence-electron chi connectivity index (χ4n) is 1.21. The van der Waals surface area contributed by atoms with E-state index in [9.17, 15) is 14.4 Å². The molecule has 0 saturated carbocycles. The number of unbranched alkanes of at least 4 members (excludes halogenated alkanes) is 1. The Morgan fingerprint density at radius 1 is 1.00 bits per heavy atom. The third-order valence-electron chi connectivity index (χ3n) is 2.12. The molecule has 98 valence electrons. The first-order chi connectivity index (χ1) is 8.10. The fraction of sp³-hybridized carbons (Fsp3) is 0.750. The predicted molar refractivity (Wildman–Crippen MR) is 61.4 cm³/mol. The Kier molecular flexibility index (Phi) is 9.01. The lowest BCUT2D eigenvalue weighted by Gasteiger charge is -2.02. The van der Waals surface area contributed by atoms with E-state index in [4.69, 9.17) is 4.74 Å². The molecule has 0 radical (unpaired) electrons. The van der Waals surface area contributed by atoms with Crippen LogP contribution in [0, 0.1) is 0 Å².